The number of thioether (sulfide) groups is 1. The van der Waals surface area contributed by atoms with Crippen LogP contribution in [0.15, 0.2) is 47.4 Å². The molecule has 4 rings (SSSR count). The van der Waals surface area contributed by atoms with E-state index in [1.165, 1.54) is 14.2 Å². The van der Waals surface area contributed by atoms with Crippen molar-refractivity contribution in [3.63, 3.8) is 0 Å². The van der Waals surface area contributed by atoms with Gasteiger partial charge in [-0.2, -0.15) is 0 Å². The molecule has 0 aromatic heterocycles. The molecule has 2 aromatic carbocycles. The molecule has 2 aromatic rings. The molecule has 2 saturated heterocycles. The zero-order valence-corrected chi connectivity index (χ0v) is 22.2. The first kappa shape index (κ1) is 27.1. The van der Waals surface area contributed by atoms with Gasteiger partial charge in [0.1, 0.15) is 5.75 Å². The van der Waals surface area contributed by atoms with E-state index in [4.69, 9.17) is 14.2 Å². The van der Waals surface area contributed by atoms with E-state index < -0.39 is 17.1 Å². The molecular weight excluding hydrogens is 510 g/mol. The zero-order valence-electron chi connectivity index (χ0n) is 21.4. The van der Waals surface area contributed by atoms with E-state index in [1.54, 1.807) is 53.4 Å². The normalized spacial score (nSPS) is 18.3. The Morgan fingerprint density at radius 1 is 1.08 bits per heavy atom. The van der Waals surface area contributed by atoms with Crippen LogP contribution in [0, 0.1) is 5.92 Å². The van der Waals surface area contributed by atoms with Gasteiger partial charge >= 0.3 is 0 Å². The number of rotatable bonds is 10. The first-order valence-electron chi connectivity index (χ1n) is 12.1. The smallest absolute Gasteiger partial charge is 0.293 e. The first-order chi connectivity index (χ1) is 18.3. The quantitative estimate of drug-likeness (QED) is 0.458. The molecule has 0 spiro atoms. The average molecular weight is 540 g/mol. The lowest BCUT2D eigenvalue weighted by Crippen LogP contribution is -2.40. The fraction of sp³-hybridized carbons (Fsp3) is 0.333. The van der Waals surface area contributed by atoms with Crippen LogP contribution in [0.4, 0.5) is 10.5 Å². The van der Waals surface area contributed by atoms with Crippen molar-refractivity contribution < 1.29 is 33.4 Å². The van der Waals surface area contributed by atoms with Crippen LogP contribution in [0.2, 0.25) is 0 Å². The molecule has 0 saturated carbocycles. The van der Waals surface area contributed by atoms with Gasteiger partial charge in [0.05, 0.1) is 31.6 Å². The lowest BCUT2D eigenvalue weighted by Gasteiger charge is -2.18. The predicted molar refractivity (Wildman–Crippen MR) is 143 cm³/mol. The molecule has 2 aliphatic rings. The first-order valence-corrected chi connectivity index (χ1v) is 12.9. The van der Waals surface area contributed by atoms with Gasteiger partial charge in [-0.25, -0.2) is 0 Å². The van der Waals surface area contributed by atoms with Crippen LogP contribution in [-0.4, -0.2) is 68.3 Å². The summed E-state index contributed by atoms with van der Waals surface area (Å²) in [4.78, 5) is 53.5. The van der Waals surface area contributed by atoms with Gasteiger partial charge in [-0.05, 0) is 66.7 Å². The maximum absolute atomic E-state index is 12.8. The minimum atomic E-state index is -0.520. The number of benzene rings is 2. The molecule has 11 heteroatoms. The second-order valence-electron chi connectivity index (χ2n) is 8.57. The summed E-state index contributed by atoms with van der Waals surface area (Å²) in [5, 5.41) is 2.35. The molecule has 200 valence electrons. The Morgan fingerprint density at radius 2 is 1.82 bits per heavy atom. The van der Waals surface area contributed by atoms with E-state index in [1.807, 2.05) is 6.92 Å². The molecule has 2 heterocycles. The lowest BCUT2D eigenvalue weighted by atomic mass is 10.1. The maximum Gasteiger partial charge on any atom is 0.293 e. The highest BCUT2D eigenvalue weighted by atomic mass is 32.2. The molecule has 1 N–H and O–H groups in total. The Kier molecular flexibility index (Phi) is 8.57. The van der Waals surface area contributed by atoms with E-state index >= 15 is 0 Å². The number of ether oxygens (including phenoxy) is 3. The zero-order chi connectivity index (χ0) is 27.2. The number of hydrogen-bond acceptors (Lipinski definition) is 8. The maximum atomic E-state index is 12.8. The lowest BCUT2D eigenvalue weighted by molar-refractivity contribution is -0.127. The van der Waals surface area contributed by atoms with Crippen LogP contribution in [0.1, 0.15) is 18.9 Å². The number of nitrogens with one attached hydrogen (secondary N) is 1. The highest BCUT2D eigenvalue weighted by molar-refractivity contribution is 8.18. The summed E-state index contributed by atoms with van der Waals surface area (Å²) in [6.07, 6.45) is 1.71. The van der Waals surface area contributed by atoms with E-state index in [0.29, 0.717) is 35.1 Å². The third-order valence-corrected chi connectivity index (χ3v) is 7.08. The molecule has 10 nitrogen and oxygen atoms in total. The molecule has 4 amide bonds. The standard InChI is InChI=1S/C27H29N3O7S/c1-4-37-20-8-6-19(7-9-20)30-16-18(15-24(30)31)25(32)28-11-12-29-26(33)23(38-27(29)34)14-17-5-10-21(35-2)22(13-17)36-3/h5-10,13-14,18H,4,11-12,15-16H2,1-3H3,(H,28,32)/b23-14+/t18-/m0/s1. The molecule has 38 heavy (non-hydrogen) atoms. The van der Waals surface area contributed by atoms with Crippen LogP contribution in [0.3, 0.4) is 0 Å². The van der Waals surface area contributed by atoms with Crippen molar-refractivity contribution in [2.24, 2.45) is 5.92 Å². The molecular formula is C27H29N3O7S. The van der Waals surface area contributed by atoms with Crippen LogP contribution >= 0.6 is 11.8 Å². The predicted octanol–water partition coefficient (Wildman–Crippen LogP) is 3.31. The highest BCUT2D eigenvalue weighted by Gasteiger charge is 2.37. The summed E-state index contributed by atoms with van der Waals surface area (Å²) in [6, 6.07) is 12.3. The van der Waals surface area contributed by atoms with Gasteiger partial charge in [0.15, 0.2) is 11.5 Å². The Bertz CT molecular complexity index is 1260. The van der Waals surface area contributed by atoms with Gasteiger partial charge in [-0.1, -0.05) is 6.07 Å². The summed E-state index contributed by atoms with van der Waals surface area (Å²) in [5.74, 6) is 0.397. The van der Waals surface area contributed by atoms with Crippen molar-refractivity contribution in [3.05, 3.63) is 52.9 Å². The Morgan fingerprint density at radius 3 is 2.50 bits per heavy atom. The Hall–Kier alpha value is -3.99. The van der Waals surface area contributed by atoms with Crippen molar-refractivity contribution in [1.82, 2.24) is 10.2 Å². The number of nitrogens with zero attached hydrogens (tertiary/aromatic N) is 2. The van der Waals surface area contributed by atoms with E-state index in [9.17, 15) is 19.2 Å². The molecule has 1 atom stereocenters. The van der Waals surface area contributed by atoms with Crippen molar-refractivity contribution in [2.75, 3.05) is 45.4 Å². The van der Waals surface area contributed by atoms with E-state index in [2.05, 4.69) is 5.32 Å². The monoisotopic (exact) mass is 539 g/mol. The van der Waals surface area contributed by atoms with Crippen molar-refractivity contribution >= 4 is 46.5 Å². The SMILES string of the molecule is CCOc1ccc(N2C[C@@H](C(=O)NCCN3C(=O)S/C(=C/c4ccc(OC)c(OC)c4)C3=O)CC2=O)cc1. The molecule has 2 fully saturated rings. The number of amides is 4. The van der Waals surface area contributed by atoms with Gasteiger partial charge in [0, 0.05) is 31.7 Å². The largest absolute Gasteiger partial charge is 0.494 e. The molecule has 0 aliphatic carbocycles. The van der Waals surface area contributed by atoms with Crippen molar-refractivity contribution in [1.29, 1.82) is 0 Å². The fourth-order valence-corrected chi connectivity index (χ4v) is 5.11. The van der Waals surface area contributed by atoms with Gasteiger partial charge in [-0.15, -0.1) is 0 Å². The van der Waals surface area contributed by atoms with Gasteiger partial charge in [-0.3, -0.25) is 24.1 Å². The Labute approximate surface area is 224 Å². The van der Waals surface area contributed by atoms with Crippen LogP contribution in [0.25, 0.3) is 6.08 Å². The third kappa shape index (κ3) is 5.94. The molecule has 0 unspecified atom stereocenters. The topological polar surface area (TPSA) is 114 Å². The van der Waals surface area contributed by atoms with Crippen LogP contribution < -0.4 is 24.4 Å². The second kappa shape index (κ2) is 12.0. The Balaban J connectivity index is 1.30. The second-order valence-corrected chi connectivity index (χ2v) is 9.56. The summed E-state index contributed by atoms with van der Waals surface area (Å²) in [5.41, 5.74) is 1.39. The van der Waals surface area contributed by atoms with Gasteiger partial charge in [0.2, 0.25) is 11.8 Å². The third-order valence-electron chi connectivity index (χ3n) is 6.17. The highest BCUT2D eigenvalue weighted by Crippen LogP contribution is 2.34. The van der Waals surface area contributed by atoms with Crippen molar-refractivity contribution in [2.45, 2.75) is 13.3 Å². The fourth-order valence-electron chi connectivity index (χ4n) is 4.24. The molecule has 2 aliphatic heterocycles. The summed E-state index contributed by atoms with van der Waals surface area (Å²) in [7, 11) is 3.05. The number of anilines is 1. The van der Waals surface area contributed by atoms with Gasteiger partial charge in [0.25, 0.3) is 11.1 Å². The minimum Gasteiger partial charge on any atom is -0.494 e. The number of carbonyl (C=O) groups excluding carboxylic acids is 4. The van der Waals surface area contributed by atoms with Crippen LogP contribution in [-0.2, 0) is 14.4 Å². The van der Waals surface area contributed by atoms with Crippen LogP contribution in [0.5, 0.6) is 17.2 Å². The number of methoxy groups -OCH3 is 2. The minimum absolute atomic E-state index is 0.0307. The number of carbonyl (C=O) groups is 4. The summed E-state index contributed by atoms with van der Waals surface area (Å²) in [6.45, 7) is 2.82. The molecule has 0 bridgehead atoms. The van der Waals surface area contributed by atoms with E-state index in [0.717, 1.165) is 16.7 Å². The summed E-state index contributed by atoms with van der Waals surface area (Å²) >= 11 is 0.840. The average Bonchev–Trinajstić information content (AvgIpc) is 3.43. The van der Waals surface area contributed by atoms with Crippen molar-refractivity contribution in [3.8, 4) is 17.2 Å². The number of hydrogen-bond donors (Lipinski definition) is 1. The van der Waals surface area contributed by atoms with E-state index in [-0.39, 0.29) is 42.8 Å². The van der Waals surface area contributed by atoms with Gasteiger partial charge < -0.3 is 24.4 Å². The number of imide groups is 1. The summed E-state index contributed by atoms with van der Waals surface area (Å²) < 4.78 is 15.9. The molecule has 0 radical (unpaired) electrons.